The van der Waals surface area contributed by atoms with Crippen LogP contribution in [0.4, 0.5) is 0 Å². The highest BCUT2D eigenvalue weighted by molar-refractivity contribution is 9.10. The van der Waals surface area contributed by atoms with Gasteiger partial charge in [0.05, 0.1) is 5.69 Å². The molecule has 0 saturated carbocycles. The van der Waals surface area contributed by atoms with Crippen molar-refractivity contribution in [1.82, 2.24) is 9.97 Å². The van der Waals surface area contributed by atoms with E-state index >= 15 is 0 Å². The summed E-state index contributed by atoms with van der Waals surface area (Å²) in [6, 6.07) is 1.70. The van der Waals surface area contributed by atoms with Gasteiger partial charge in [0.2, 0.25) is 0 Å². The summed E-state index contributed by atoms with van der Waals surface area (Å²) in [5.41, 5.74) is 0.669. The van der Waals surface area contributed by atoms with E-state index < -0.39 is 4.32 Å². The largest absolute Gasteiger partial charge is 0.301 e. The molecule has 1 rings (SSSR count). The van der Waals surface area contributed by atoms with Gasteiger partial charge in [0.25, 0.3) is 0 Å². The van der Waals surface area contributed by atoms with Gasteiger partial charge >= 0.3 is 0 Å². The zero-order valence-electron chi connectivity index (χ0n) is 5.99. The molecule has 0 spiro atoms. The molecule has 1 heterocycles. The van der Waals surface area contributed by atoms with Crippen LogP contribution in [0.15, 0.2) is 18.6 Å². The van der Waals surface area contributed by atoms with E-state index in [0.717, 1.165) is 6.29 Å². The van der Waals surface area contributed by atoms with Crippen molar-refractivity contribution in [3.63, 3.8) is 0 Å². The number of hydrogen-bond donors (Lipinski definition) is 0. The number of rotatable bonds is 2. The normalized spacial score (nSPS) is 15.5. The fourth-order valence-electron chi connectivity index (χ4n) is 0.640. The van der Waals surface area contributed by atoms with Crippen LogP contribution in [0.5, 0.6) is 0 Å². The minimum Gasteiger partial charge on any atom is -0.301 e. The van der Waals surface area contributed by atoms with Gasteiger partial charge in [0.15, 0.2) is 0 Å². The van der Waals surface area contributed by atoms with Gasteiger partial charge < -0.3 is 4.79 Å². The number of carbonyl (C=O) groups is 1. The molecular formula is C7H7BrN2O. The molecule has 0 saturated heterocycles. The number of alkyl halides is 1. The maximum Gasteiger partial charge on any atom is 0.142 e. The van der Waals surface area contributed by atoms with Crippen LogP contribution in [0, 0.1) is 0 Å². The SMILES string of the molecule is CC(Br)(C=O)c1ccncn1. The van der Waals surface area contributed by atoms with Gasteiger partial charge in [-0.2, -0.15) is 0 Å². The molecule has 0 N–H and O–H groups in total. The molecule has 3 nitrogen and oxygen atoms in total. The topological polar surface area (TPSA) is 42.9 Å². The van der Waals surface area contributed by atoms with E-state index in [1.165, 1.54) is 6.33 Å². The highest BCUT2D eigenvalue weighted by Crippen LogP contribution is 2.25. The molecule has 4 heteroatoms. The van der Waals surface area contributed by atoms with Crippen LogP contribution in [-0.4, -0.2) is 16.3 Å². The van der Waals surface area contributed by atoms with Crippen LogP contribution < -0.4 is 0 Å². The summed E-state index contributed by atoms with van der Waals surface area (Å²) in [6.07, 6.45) is 3.82. The Labute approximate surface area is 73.0 Å². The maximum atomic E-state index is 10.5. The molecule has 1 aromatic rings. The van der Waals surface area contributed by atoms with Crippen molar-refractivity contribution in [1.29, 1.82) is 0 Å². The van der Waals surface area contributed by atoms with Crippen LogP contribution in [0.1, 0.15) is 12.6 Å². The molecule has 0 aromatic carbocycles. The maximum absolute atomic E-state index is 10.5. The number of aldehydes is 1. The zero-order chi connectivity index (χ0) is 8.32. The molecule has 0 amide bonds. The van der Waals surface area contributed by atoms with Crippen molar-refractivity contribution >= 4 is 22.2 Å². The summed E-state index contributed by atoms with van der Waals surface area (Å²) in [6.45, 7) is 1.74. The zero-order valence-corrected chi connectivity index (χ0v) is 7.58. The van der Waals surface area contributed by atoms with E-state index in [4.69, 9.17) is 0 Å². The minimum absolute atomic E-state index is 0.669. The molecule has 1 unspecified atom stereocenters. The van der Waals surface area contributed by atoms with Gasteiger partial charge in [0, 0.05) is 6.20 Å². The lowest BCUT2D eigenvalue weighted by molar-refractivity contribution is -0.109. The second kappa shape index (κ2) is 3.09. The Morgan fingerprint density at radius 3 is 2.91 bits per heavy atom. The van der Waals surface area contributed by atoms with E-state index in [0.29, 0.717) is 5.69 Å². The van der Waals surface area contributed by atoms with Crippen LogP contribution in [0.3, 0.4) is 0 Å². The highest BCUT2D eigenvalue weighted by atomic mass is 79.9. The van der Waals surface area contributed by atoms with E-state index in [-0.39, 0.29) is 0 Å². The Balaban J connectivity index is 3.02. The summed E-state index contributed by atoms with van der Waals surface area (Å²) in [5.74, 6) is 0. The van der Waals surface area contributed by atoms with Gasteiger partial charge in [-0.05, 0) is 13.0 Å². The average molecular weight is 215 g/mol. The van der Waals surface area contributed by atoms with E-state index in [2.05, 4.69) is 25.9 Å². The molecule has 11 heavy (non-hydrogen) atoms. The Hall–Kier alpha value is -0.770. The van der Waals surface area contributed by atoms with Crippen molar-refractivity contribution in [2.24, 2.45) is 0 Å². The van der Waals surface area contributed by atoms with Crippen molar-refractivity contribution in [3.8, 4) is 0 Å². The van der Waals surface area contributed by atoms with Crippen LogP contribution in [0.2, 0.25) is 0 Å². The summed E-state index contributed by atoms with van der Waals surface area (Å²) in [4.78, 5) is 18.2. The number of nitrogens with zero attached hydrogens (tertiary/aromatic N) is 2. The quantitative estimate of drug-likeness (QED) is 0.551. The summed E-state index contributed by atoms with van der Waals surface area (Å²) < 4.78 is -0.685. The average Bonchev–Trinajstić information content (AvgIpc) is 2.06. The first-order valence-corrected chi connectivity index (χ1v) is 3.88. The Morgan fingerprint density at radius 2 is 2.45 bits per heavy atom. The second-order valence-electron chi connectivity index (χ2n) is 2.29. The Bertz CT molecular complexity index is 248. The molecule has 0 aliphatic heterocycles. The molecule has 58 valence electrons. The molecule has 0 fully saturated rings. The smallest absolute Gasteiger partial charge is 0.142 e. The summed E-state index contributed by atoms with van der Waals surface area (Å²) in [7, 11) is 0. The fourth-order valence-corrected chi connectivity index (χ4v) is 0.875. The van der Waals surface area contributed by atoms with Crippen molar-refractivity contribution in [2.75, 3.05) is 0 Å². The molecular weight excluding hydrogens is 208 g/mol. The number of carbonyl (C=O) groups excluding carboxylic acids is 1. The first kappa shape index (κ1) is 8.33. The third kappa shape index (κ3) is 1.83. The lowest BCUT2D eigenvalue weighted by atomic mass is 10.1. The van der Waals surface area contributed by atoms with Crippen LogP contribution >= 0.6 is 15.9 Å². The van der Waals surface area contributed by atoms with Crippen LogP contribution in [-0.2, 0) is 9.12 Å². The van der Waals surface area contributed by atoms with Gasteiger partial charge in [0.1, 0.15) is 16.9 Å². The lowest BCUT2D eigenvalue weighted by Crippen LogP contribution is -2.16. The van der Waals surface area contributed by atoms with Gasteiger partial charge in [-0.25, -0.2) is 9.97 Å². The summed E-state index contributed by atoms with van der Waals surface area (Å²) in [5, 5.41) is 0. The third-order valence-corrected chi connectivity index (χ3v) is 1.90. The van der Waals surface area contributed by atoms with Gasteiger partial charge in [-0.15, -0.1) is 0 Å². The van der Waals surface area contributed by atoms with Gasteiger partial charge in [-0.1, -0.05) is 15.9 Å². The van der Waals surface area contributed by atoms with Crippen LogP contribution in [0.25, 0.3) is 0 Å². The molecule has 0 bridgehead atoms. The minimum atomic E-state index is -0.685. The Morgan fingerprint density at radius 1 is 1.73 bits per heavy atom. The second-order valence-corrected chi connectivity index (χ2v) is 3.94. The summed E-state index contributed by atoms with van der Waals surface area (Å²) >= 11 is 3.23. The fraction of sp³-hybridized carbons (Fsp3) is 0.286. The number of aromatic nitrogens is 2. The van der Waals surface area contributed by atoms with Crippen molar-refractivity contribution in [3.05, 3.63) is 24.3 Å². The standard InChI is InChI=1S/C7H7BrN2O/c1-7(8,4-11)6-2-3-9-5-10-6/h2-5H,1H3. The van der Waals surface area contributed by atoms with Gasteiger partial charge in [-0.3, -0.25) is 0 Å². The Kier molecular flexibility index (Phi) is 2.34. The van der Waals surface area contributed by atoms with E-state index in [9.17, 15) is 4.79 Å². The molecule has 1 aromatic heterocycles. The van der Waals surface area contributed by atoms with E-state index in [1.54, 1.807) is 19.2 Å². The monoisotopic (exact) mass is 214 g/mol. The third-order valence-electron chi connectivity index (χ3n) is 1.30. The highest BCUT2D eigenvalue weighted by Gasteiger charge is 2.22. The predicted octanol–water partition coefficient (Wildman–Crippen LogP) is 1.29. The first-order valence-electron chi connectivity index (χ1n) is 3.08. The molecule has 0 aliphatic rings. The molecule has 0 aliphatic carbocycles. The number of hydrogen-bond acceptors (Lipinski definition) is 3. The molecule has 1 atom stereocenters. The van der Waals surface area contributed by atoms with Crippen molar-refractivity contribution in [2.45, 2.75) is 11.2 Å². The van der Waals surface area contributed by atoms with Crippen molar-refractivity contribution < 1.29 is 4.79 Å². The molecule has 0 radical (unpaired) electrons. The predicted molar refractivity (Wildman–Crippen MR) is 44.4 cm³/mol. The van der Waals surface area contributed by atoms with E-state index in [1.807, 2.05) is 0 Å². The first-order chi connectivity index (χ1) is 5.17. The lowest BCUT2D eigenvalue weighted by Gasteiger charge is -2.12. The number of halogens is 1.